The Morgan fingerprint density at radius 3 is 2.75 bits per heavy atom. The van der Waals surface area contributed by atoms with Gasteiger partial charge in [0.2, 0.25) is 0 Å². The molecule has 1 aromatic carbocycles. The molecule has 1 fully saturated rings. The number of carbonyl (C=O) groups is 1. The van der Waals surface area contributed by atoms with Crippen molar-refractivity contribution in [3.05, 3.63) is 48.2 Å². The molecule has 3 heterocycles. The normalized spacial score (nSPS) is 15.0. The van der Waals surface area contributed by atoms with Crippen molar-refractivity contribution in [3.8, 4) is 0 Å². The molecule has 24 heavy (non-hydrogen) atoms. The van der Waals surface area contributed by atoms with Gasteiger partial charge in [-0.25, -0.2) is 9.97 Å². The molecule has 2 aromatic heterocycles. The summed E-state index contributed by atoms with van der Waals surface area (Å²) in [5.74, 6) is -0.00842. The second kappa shape index (κ2) is 5.92. The molecule has 1 aliphatic rings. The number of aryl methyl sites for hydroxylation is 1. The summed E-state index contributed by atoms with van der Waals surface area (Å²) in [6, 6.07) is 7.97. The number of rotatable bonds is 2. The van der Waals surface area contributed by atoms with Crippen LogP contribution in [0.5, 0.6) is 0 Å². The summed E-state index contributed by atoms with van der Waals surface area (Å²) < 4.78 is 0. The maximum atomic E-state index is 12.4. The predicted molar refractivity (Wildman–Crippen MR) is 91.0 cm³/mol. The van der Waals surface area contributed by atoms with Gasteiger partial charge < -0.3 is 9.80 Å². The average Bonchev–Trinajstić information content (AvgIpc) is 3.07. The van der Waals surface area contributed by atoms with Crippen molar-refractivity contribution in [3.63, 3.8) is 0 Å². The van der Waals surface area contributed by atoms with E-state index in [9.17, 15) is 4.79 Å². The number of nitrogens with zero attached hydrogens (tertiary/aromatic N) is 5. The van der Waals surface area contributed by atoms with Crippen LogP contribution in [0.25, 0.3) is 10.9 Å². The van der Waals surface area contributed by atoms with E-state index in [1.807, 2.05) is 24.1 Å². The molecule has 0 radical (unpaired) electrons. The highest BCUT2D eigenvalue weighted by Gasteiger charge is 2.23. The van der Waals surface area contributed by atoms with Crippen molar-refractivity contribution in [2.24, 2.45) is 0 Å². The Hall–Kier alpha value is -2.96. The van der Waals surface area contributed by atoms with Crippen molar-refractivity contribution in [1.82, 2.24) is 25.1 Å². The van der Waals surface area contributed by atoms with E-state index in [4.69, 9.17) is 0 Å². The topological polar surface area (TPSA) is 78.0 Å². The lowest BCUT2D eigenvalue weighted by atomic mass is 10.2. The molecular weight excluding hydrogens is 304 g/mol. The number of aromatic nitrogens is 4. The monoisotopic (exact) mass is 322 g/mol. The molecule has 4 rings (SSSR count). The van der Waals surface area contributed by atoms with Crippen LogP contribution in [0.4, 0.5) is 5.69 Å². The van der Waals surface area contributed by atoms with Crippen molar-refractivity contribution in [1.29, 1.82) is 0 Å². The smallest absolute Gasteiger partial charge is 0.274 e. The molecule has 0 aliphatic carbocycles. The molecule has 0 atom stereocenters. The fourth-order valence-corrected chi connectivity index (χ4v) is 3.03. The van der Waals surface area contributed by atoms with Crippen LogP contribution in [0.15, 0.2) is 36.8 Å². The Labute approximate surface area is 139 Å². The van der Waals surface area contributed by atoms with Crippen LogP contribution in [-0.2, 0) is 0 Å². The molecule has 1 amide bonds. The fraction of sp³-hybridized carbons (Fsp3) is 0.294. The highest BCUT2D eigenvalue weighted by atomic mass is 16.2. The van der Waals surface area contributed by atoms with Crippen molar-refractivity contribution in [2.75, 3.05) is 31.1 Å². The maximum absolute atomic E-state index is 12.4. The summed E-state index contributed by atoms with van der Waals surface area (Å²) in [7, 11) is 0. The molecule has 0 saturated carbocycles. The molecule has 1 N–H and O–H groups in total. The number of hydrogen-bond acceptors (Lipinski definition) is 5. The lowest BCUT2D eigenvalue weighted by Gasteiger charge is -2.35. The Bertz CT molecular complexity index is 881. The number of amides is 1. The van der Waals surface area contributed by atoms with Crippen LogP contribution < -0.4 is 4.90 Å². The minimum absolute atomic E-state index is 0.00842. The van der Waals surface area contributed by atoms with E-state index >= 15 is 0 Å². The van der Waals surface area contributed by atoms with Gasteiger partial charge in [0, 0.05) is 49.1 Å². The summed E-state index contributed by atoms with van der Waals surface area (Å²) in [5, 5.41) is 7.91. The number of H-pyrrole nitrogens is 1. The van der Waals surface area contributed by atoms with Crippen molar-refractivity contribution < 1.29 is 4.79 Å². The van der Waals surface area contributed by atoms with Gasteiger partial charge in [-0.15, -0.1) is 0 Å². The summed E-state index contributed by atoms with van der Waals surface area (Å²) in [4.78, 5) is 24.9. The van der Waals surface area contributed by atoms with E-state index in [-0.39, 0.29) is 5.91 Å². The van der Waals surface area contributed by atoms with Gasteiger partial charge in [-0.2, -0.15) is 5.10 Å². The van der Waals surface area contributed by atoms with Crippen molar-refractivity contribution in [2.45, 2.75) is 6.92 Å². The molecule has 7 nitrogen and oxygen atoms in total. The Kier molecular flexibility index (Phi) is 3.60. The van der Waals surface area contributed by atoms with Gasteiger partial charge in [-0.3, -0.25) is 9.89 Å². The van der Waals surface area contributed by atoms with E-state index in [1.54, 1.807) is 12.4 Å². The average molecular weight is 322 g/mol. The number of hydrogen-bond donors (Lipinski definition) is 1. The minimum atomic E-state index is -0.00842. The number of benzene rings is 1. The first-order chi connectivity index (χ1) is 11.7. The largest absolute Gasteiger partial charge is 0.368 e. The zero-order chi connectivity index (χ0) is 16.5. The zero-order valence-corrected chi connectivity index (χ0v) is 13.4. The molecular formula is C17H18N6O. The van der Waals surface area contributed by atoms with Crippen LogP contribution in [0.3, 0.4) is 0 Å². The van der Waals surface area contributed by atoms with Crippen LogP contribution in [0.1, 0.15) is 16.2 Å². The number of anilines is 1. The maximum Gasteiger partial charge on any atom is 0.274 e. The SMILES string of the molecule is Cc1cc(C(=O)N2CCN(c3ccc4ncncc4c3)CC2)n[nH]1. The van der Waals surface area contributed by atoms with Gasteiger partial charge in [0.1, 0.15) is 12.0 Å². The third-order valence-corrected chi connectivity index (χ3v) is 4.35. The first-order valence-corrected chi connectivity index (χ1v) is 7.97. The third kappa shape index (κ3) is 2.68. The van der Waals surface area contributed by atoms with Crippen LogP contribution >= 0.6 is 0 Å². The Morgan fingerprint density at radius 2 is 2.00 bits per heavy atom. The standard InChI is InChI=1S/C17H18N6O/c1-12-8-16(21-20-12)17(24)23-6-4-22(5-7-23)14-2-3-15-13(9-14)10-18-11-19-15/h2-3,8-11H,4-7H2,1H3,(H,20,21). The predicted octanol–water partition coefficient (Wildman–Crippen LogP) is 1.62. The third-order valence-electron chi connectivity index (χ3n) is 4.35. The quantitative estimate of drug-likeness (QED) is 0.776. The second-order valence-corrected chi connectivity index (χ2v) is 5.98. The van der Waals surface area contributed by atoms with Gasteiger partial charge >= 0.3 is 0 Å². The number of fused-ring (bicyclic) bond motifs is 1. The van der Waals surface area contributed by atoms with Crippen LogP contribution in [-0.4, -0.2) is 57.2 Å². The lowest BCUT2D eigenvalue weighted by molar-refractivity contribution is 0.0741. The van der Waals surface area contributed by atoms with E-state index < -0.39 is 0 Å². The Morgan fingerprint density at radius 1 is 1.17 bits per heavy atom. The number of carbonyl (C=O) groups excluding carboxylic acids is 1. The molecule has 1 aliphatic heterocycles. The highest BCUT2D eigenvalue weighted by molar-refractivity contribution is 5.92. The number of nitrogens with one attached hydrogen (secondary N) is 1. The van der Waals surface area contributed by atoms with Crippen molar-refractivity contribution >= 4 is 22.5 Å². The molecule has 7 heteroatoms. The molecule has 1 saturated heterocycles. The first kappa shape index (κ1) is 14.6. The van der Waals surface area contributed by atoms with Gasteiger partial charge in [-0.1, -0.05) is 0 Å². The summed E-state index contributed by atoms with van der Waals surface area (Å²) in [5.41, 5.74) is 3.47. The van der Waals surface area contributed by atoms with E-state index in [2.05, 4.69) is 37.2 Å². The van der Waals surface area contributed by atoms with E-state index in [0.717, 1.165) is 35.4 Å². The zero-order valence-electron chi connectivity index (χ0n) is 13.4. The van der Waals surface area contributed by atoms with E-state index in [1.165, 1.54) is 0 Å². The van der Waals surface area contributed by atoms with Crippen LogP contribution in [0.2, 0.25) is 0 Å². The fourth-order valence-electron chi connectivity index (χ4n) is 3.03. The molecule has 0 bridgehead atoms. The first-order valence-electron chi connectivity index (χ1n) is 7.97. The van der Waals surface area contributed by atoms with Gasteiger partial charge in [0.05, 0.1) is 5.52 Å². The summed E-state index contributed by atoms with van der Waals surface area (Å²) in [6.07, 6.45) is 3.38. The lowest BCUT2D eigenvalue weighted by Crippen LogP contribution is -2.48. The number of piperazine rings is 1. The Balaban J connectivity index is 1.46. The van der Waals surface area contributed by atoms with Crippen LogP contribution in [0, 0.1) is 6.92 Å². The summed E-state index contributed by atoms with van der Waals surface area (Å²) in [6.45, 7) is 4.87. The highest BCUT2D eigenvalue weighted by Crippen LogP contribution is 2.21. The second-order valence-electron chi connectivity index (χ2n) is 5.98. The molecule has 122 valence electrons. The van der Waals surface area contributed by atoms with Gasteiger partial charge in [-0.05, 0) is 31.2 Å². The van der Waals surface area contributed by atoms with Gasteiger partial charge in [0.15, 0.2) is 0 Å². The minimum Gasteiger partial charge on any atom is -0.368 e. The summed E-state index contributed by atoms with van der Waals surface area (Å²) >= 11 is 0. The molecule has 3 aromatic rings. The molecule has 0 spiro atoms. The number of aromatic amines is 1. The van der Waals surface area contributed by atoms with E-state index in [0.29, 0.717) is 18.8 Å². The molecule has 0 unspecified atom stereocenters. The van der Waals surface area contributed by atoms with Gasteiger partial charge in [0.25, 0.3) is 5.91 Å².